The molecule has 4 rings (SSSR count). The summed E-state index contributed by atoms with van der Waals surface area (Å²) in [5.41, 5.74) is -0.651. The second kappa shape index (κ2) is 5.85. The highest BCUT2D eigenvalue weighted by molar-refractivity contribution is 5.91. The number of amides is 1. The largest absolute Gasteiger partial charge is 0.465 e. The number of fused-ring (bicyclic) bond motifs is 1. The fourth-order valence-electron chi connectivity index (χ4n) is 4.38. The van der Waals surface area contributed by atoms with E-state index >= 15 is 0 Å². The van der Waals surface area contributed by atoms with Crippen molar-refractivity contribution in [2.75, 3.05) is 26.3 Å². The first kappa shape index (κ1) is 16.1. The Morgan fingerprint density at radius 2 is 2.33 bits per heavy atom. The molecule has 24 heavy (non-hydrogen) atoms. The minimum atomic E-state index is -0.651. The van der Waals surface area contributed by atoms with Crippen LogP contribution in [0.3, 0.4) is 0 Å². The summed E-state index contributed by atoms with van der Waals surface area (Å²) in [4.78, 5) is 27.3. The van der Waals surface area contributed by atoms with Crippen molar-refractivity contribution in [3.8, 4) is 0 Å². The molecule has 4 heterocycles. The lowest BCUT2D eigenvalue weighted by Gasteiger charge is -2.23. The molecule has 2 unspecified atom stereocenters. The summed E-state index contributed by atoms with van der Waals surface area (Å²) in [5, 5.41) is 0. The van der Waals surface area contributed by atoms with E-state index in [-0.39, 0.29) is 30.0 Å². The predicted octanol–water partition coefficient (Wildman–Crippen LogP) is 1.15. The van der Waals surface area contributed by atoms with Crippen LogP contribution in [0.1, 0.15) is 26.7 Å². The smallest absolute Gasteiger partial charge is 0.312 e. The van der Waals surface area contributed by atoms with Crippen molar-refractivity contribution in [1.82, 2.24) is 4.90 Å². The van der Waals surface area contributed by atoms with Crippen LogP contribution >= 0.6 is 0 Å². The number of hydrogen-bond donors (Lipinski definition) is 0. The Morgan fingerprint density at radius 1 is 1.50 bits per heavy atom. The van der Waals surface area contributed by atoms with Crippen molar-refractivity contribution >= 4 is 11.9 Å². The molecule has 3 fully saturated rings. The summed E-state index contributed by atoms with van der Waals surface area (Å²) in [5.74, 6) is -1.00. The highest BCUT2D eigenvalue weighted by atomic mass is 16.6. The van der Waals surface area contributed by atoms with Gasteiger partial charge in [0.1, 0.15) is 11.5 Å². The lowest BCUT2D eigenvalue weighted by molar-refractivity contribution is -0.154. The Morgan fingerprint density at radius 3 is 3.04 bits per heavy atom. The number of carbonyl (C=O) groups excluding carboxylic acids is 2. The molecule has 1 amide bonds. The van der Waals surface area contributed by atoms with E-state index in [1.807, 2.05) is 30.9 Å². The molecule has 132 valence electrons. The number of likely N-dealkylation sites (tertiary alicyclic amines) is 1. The highest BCUT2D eigenvalue weighted by Gasteiger charge is 2.67. The molecule has 0 aromatic carbocycles. The first-order valence-corrected chi connectivity index (χ1v) is 8.94. The van der Waals surface area contributed by atoms with Crippen LogP contribution in [-0.4, -0.2) is 60.9 Å². The molecule has 1 spiro atoms. The van der Waals surface area contributed by atoms with Gasteiger partial charge < -0.3 is 19.1 Å². The summed E-state index contributed by atoms with van der Waals surface area (Å²) in [6.07, 6.45) is 5.70. The zero-order chi connectivity index (χ0) is 16.9. The average molecular weight is 335 g/mol. The fraction of sp³-hybridized carbons (Fsp3) is 0.778. The Bertz CT molecular complexity index is 568. The molecule has 6 heteroatoms. The Kier molecular flexibility index (Phi) is 3.92. The standard InChI is InChI=1S/C18H25NO5/c1-11(2)9-23-17(21)14-13-5-6-18(24-13)10-19(16(20)15(14)18)8-12-4-3-7-22-12/h5-6,11-15H,3-4,7-10H2,1-2H3/t12?,13-,14?,15+,18-/m1/s1. The molecule has 6 nitrogen and oxygen atoms in total. The van der Waals surface area contributed by atoms with Crippen LogP contribution < -0.4 is 0 Å². The van der Waals surface area contributed by atoms with Crippen molar-refractivity contribution < 1.29 is 23.8 Å². The number of ether oxygens (including phenoxy) is 3. The summed E-state index contributed by atoms with van der Waals surface area (Å²) >= 11 is 0. The van der Waals surface area contributed by atoms with Gasteiger partial charge in [-0.05, 0) is 18.8 Å². The van der Waals surface area contributed by atoms with E-state index in [0.717, 1.165) is 19.4 Å². The first-order chi connectivity index (χ1) is 11.5. The molecule has 5 atom stereocenters. The molecular weight excluding hydrogens is 310 g/mol. The number of esters is 1. The van der Waals surface area contributed by atoms with Crippen molar-refractivity contribution in [3.05, 3.63) is 12.2 Å². The van der Waals surface area contributed by atoms with Gasteiger partial charge in [-0.1, -0.05) is 26.0 Å². The van der Waals surface area contributed by atoms with Gasteiger partial charge in [0.25, 0.3) is 0 Å². The van der Waals surface area contributed by atoms with Crippen LogP contribution in [-0.2, 0) is 23.8 Å². The van der Waals surface area contributed by atoms with Crippen molar-refractivity contribution in [3.63, 3.8) is 0 Å². The van der Waals surface area contributed by atoms with Gasteiger partial charge >= 0.3 is 5.97 Å². The van der Waals surface area contributed by atoms with Crippen molar-refractivity contribution in [1.29, 1.82) is 0 Å². The minimum Gasteiger partial charge on any atom is -0.465 e. The van der Waals surface area contributed by atoms with Gasteiger partial charge in [0, 0.05) is 13.2 Å². The molecule has 4 aliphatic rings. The van der Waals surface area contributed by atoms with Crippen LogP contribution in [0.4, 0.5) is 0 Å². The average Bonchev–Trinajstić information content (AvgIpc) is 3.28. The molecule has 0 saturated carbocycles. The van der Waals surface area contributed by atoms with E-state index in [1.165, 1.54) is 0 Å². The zero-order valence-electron chi connectivity index (χ0n) is 14.3. The molecule has 3 saturated heterocycles. The summed E-state index contributed by atoms with van der Waals surface area (Å²) in [6.45, 7) is 6.24. The SMILES string of the molecule is CC(C)COC(=O)C1[C@H]2C(=O)N(CC3CCCO3)C[C@]23C=C[C@H]1O3. The maximum absolute atomic E-state index is 13.0. The van der Waals surface area contributed by atoms with Crippen LogP contribution in [0.15, 0.2) is 12.2 Å². The monoisotopic (exact) mass is 335 g/mol. The number of hydrogen-bond acceptors (Lipinski definition) is 5. The Labute approximate surface area is 142 Å². The molecular formula is C18H25NO5. The first-order valence-electron chi connectivity index (χ1n) is 8.94. The van der Waals surface area contributed by atoms with Crippen molar-refractivity contribution in [2.24, 2.45) is 17.8 Å². The van der Waals surface area contributed by atoms with Gasteiger partial charge in [-0.25, -0.2) is 0 Å². The van der Waals surface area contributed by atoms with E-state index in [1.54, 1.807) is 0 Å². The topological polar surface area (TPSA) is 65.1 Å². The number of carbonyl (C=O) groups is 2. The van der Waals surface area contributed by atoms with Crippen molar-refractivity contribution in [2.45, 2.75) is 44.5 Å². The molecule has 0 aromatic heterocycles. The number of nitrogens with zero attached hydrogens (tertiary/aromatic N) is 1. The van der Waals surface area contributed by atoms with Gasteiger partial charge in [-0.15, -0.1) is 0 Å². The normalized spacial score (nSPS) is 40.0. The second-order valence-electron chi connectivity index (χ2n) is 7.78. The van der Waals surface area contributed by atoms with Gasteiger partial charge in [0.15, 0.2) is 0 Å². The fourth-order valence-corrected chi connectivity index (χ4v) is 4.38. The third-order valence-corrected chi connectivity index (χ3v) is 5.46. The van der Waals surface area contributed by atoms with E-state index in [2.05, 4.69) is 0 Å². The van der Waals surface area contributed by atoms with Gasteiger partial charge in [-0.3, -0.25) is 9.59 Å². The lowest BCUT2D eigenvalue weighted by atomic mass is 9.77. The number of rotatable bonds is 5. The zero-order valence-corrected chi connectivity index (χ0v) is 14.3. The van der Waals surface area contributed by atoms with E-state index in [9.17, 15) is 9.59 Å². The van der Waals surface area contributed by atoms with Crippen LogP contribution in [0.2, 0.25) is 0 Å². The summed E-state index contributed by atoms with van der Waals surface area (Å²) in [7, 11) is 0. The predicted molar refractivity (Wildman–Crippen MR) is 85.1 cm³/mol. The van der Waals surface area contributed by atoms with E-state index in [4.69, 9.17) is 14.2 Å². The third kappa shape index (κ3) is 2.47. The maximum Gasteiger partial charge on any atom is 0.312 e. The lowest BCUT2D eigenvalue weighted by Crippen LogP contribution is -2.40. The third-order valence-electron chi connectivity index (χ3n) is 5.46. The van der Waals surface area contributed by atoms with Gasteiger partial charge in [0.2, 0.25) is 5.91 Å². The van der Waals surface area contributed by atoms with E-state index < -0.39 is 17.4 Å². The van der Waals surface area contributed by atoms with Crippen LogP contribution in [0.5, 0.6) is 0 Å². The van der Waals surface area contributed by atoms with Crippen LogP contribution in [0, 0.1) is 17.8 Å². The molecule has 0 radical (unpaired) electrons. The minimum absolute atomic E-state index is 0.00356. The summed E-state index contributed by atoms with van der Waals surface area (Å²) < 4.78 is 17.1. The molecule has 0 aromatic rings. The maximum atomic E-state index is 13.0. The van der Waals surface area contributed by atoms with Crippen LogP contribution in [0.25, 0.3) is 0 Å². The van der Waals surface area contributed by atoms with Gasteiger partial charge in [0.05, 0.1) is 31.3 Å². The Balaban J connectivity index is 1.50. The second-order valence-corrected chi connectivity index (χ2v) is 7.78. The highest BCUT2D eigenvalue weighted by Crippen LogP contribution is 2.52. The molecule has 0 aliphatic carbocycles. The van der Waals surface area contributed by atoms with E-state index in [0.29, 0.717) is 19.7 Å². The Hall–Kier alpha value is -1.40. The molecule has 4 aliphatic heterocycles. The molecule has 2 bridgehead atoms. The summed E-state index contributed by atoms with van der Waals surface area (Å²) in [6, 6.07) is 0. The molecule has 0 N–H and O–H groups in total. The quantitative estimate of drug-likeness (QED) is 0.557. The van der Waals surface area contributed by atoms with Gasteiger partial charge in [-0.2, -0.15) is 0 Å².